The molecule has 0 bridgehead atoms. The van der Waals surface area contributed by atoms with Crippen LogP contribution >= 0.6 is 0 Å². The second-order valence-corrected chi connectivity index (χ2v) is 21.6. The lowest BCUT2D eigenvalue weighted by Crippen LogP contribution is -2.30. The van der Waals surface area contributed by atoms with E-state index in [1.807, 2.05) is 0 Å². The number of hydrogen-bond donors (Lipinski definition) is 0. The van der Waals surface area contributed by atoms with Gasteiger partial charge in [0.05, 0.1) is 0 Å². The van der Waals surface area contributed by atoms with Gasteiger partial charge in [0.25, 0.3) is 0 Å². The van der Waals surface area contributed by atoms with Crippen molar-refractivity contribution in [2.24, 2.45) is 0 Å². The van der Waals surface area contributed by atoms with E-state index in [1.165, 1.54) is 161 Å². The van der Waals surface area contributed by atoms with Crippen LogP contribution in [0.5, 0.6) is 0 Å². The van der Waals surface area contributed by atoms with Crippen molar-refractivity contribution < 1.29 is 28.6 Å². The minimum absolute atomic E-state index is 0.0827. The number of ether oxygens (including phenoxy) is 3. The fourth-order valence-electron chi connectivity index (χ4n) is 9.17. The summed E-state index contributed by atoms with van der Waals surface area (Å²) in [6.45, 7) is 6.50. The summed E-state index contributed by atoms with van der Waals surface area (Å²) in [7, 11) is 0. The lowest BCUT2D eigenvalue weighted by atomic mass is 10.0. The maximum atomic E-state index is 12.9. The van der Waals surface area contributed by atoms with Gasteiger partial charge in [0, 0.05) is 19.3 Å². The molecule has 0 radical (unpaired) electrons. The van der Waals surface area contributed by atoms with Crippen molar-refractivity contribution in [3.8, 4) is 0 Å². The van der Waals surface area contributed by atoms with E-state index >= 15 is 0 Å². The van der Waals surface area contributed by atoms with E-state index in [1.54, 1.807) is 0 Å². The molecule has 0 aromatic heterocycles. The number of carbonyl (C=O) groups is 3. The molecule has 0 spiro atoms. The average Bonchev–Trinajstić information content (AvgIpc) is 3.43. The molecule has 0 saturated carbocycles. The van der Waals surface area contributed by atoms with Crippen LogP contribution in [-0.2, 0) is 28.6 Å². The van der Waals surface area contributed by atoms with Gasteiger partial charge in [-0.1, -0.05) is 298 Å². The van der Waals surface area contributed by atoms with E-state index in [-0.39, 0.29) is 31.1 Å². The van der Waals surface area contributed by atoms with Crippen LogP contribution in [0.4, 0.5) is 0 Å². The molecule has 0 aliphatic rings. The summed E-state index contributed by atoms with van der Waals surface area (Å²) in [5.74, 6) is -0.891. The largest absolute Gasteiger partial charge is 0.462 e. The van der Waals surface area contributed by atoms with E-state index in [0.29, 0.717) is 19.3 Å². The smallest absolute Gasteiger partial charge is 0.306 e. The summed E-state index contributed by atoms with van der Waals surface area (Å²) in [6.07, 6.45) is 87.0. The predicted molar refractivity (Wildman–Crippen MR) is 334 cm³/mol. The quantitative estimate of drug-likeness (QED) is 0.0261. The maximum Gasteiger partial charge on any atom is 0.306 e. The number of esters is 3. The van der Waals surface area contributed by atoms with Crippen LogP contribution in [0.15, 0.2) is 97.2 Å². The molecule has 77 heavy (non-hydrogen) atoms. The predicted octanol–water partition coefficient (Wildman–Crippen LogP) is 22.4. The van der Waals surface area contributed by atoms with Crippen LogP contribution in [0, 0.1) is 0 Å². The molecule has 0 saturated heterocycles. The van der Waals surface area contributed by atoms with Gasteiger partial charge in [-0.15, -0.1) is 0 Å². The first-order valence-corrected chi connectivity index (χ1v) is 32.7. The van der Waals surface area contributed by atoms with Gasteiger partial charge < -0.3 is 14.2 Å². The molecule has 0 amide bonds. The van der Waals surface area contributed by atoms with Gasteiger partial charge in [-0.2, -0.15) is 0 Å². The van der Waals surface area contributed by atoms with Crippen molar-refractivity contribution >= 4 is 17.9 Å². The van der Waals surface area contributed by atoms with Gasteiger partial charge in [-0.25, -0.2) is 0 Å². The first kappa shape index (κ1) is 73.3. The van der Waals surface area contributed by atoms with E-state index in [9.17, 15) is 14.4 Å². The summed E-state index contributed by atoms with van der Waals surface area (Å²) in [4.78, 5) is 38.3. The van der Waals surface area contributed by atoms with Crippen LogP contribution < -0.4 is 0 Å². The number of allylic oxidation sites excluding steroid dienone is 16. The second kappa shape index (κ2) is 64.9. The van der Waals surface area contributed by atoms with Crippen molar-refractivity contribution in [3.63, 3.8) is 0 Å². The first-order chi connectivity index (χ1) is 38.0. The van der Waals surface area contributed by atoms with Crippen molar-refractivity contribution in [2.75, 3.05) is 13.2 Å². The summed E-state index contributed by atoms with van der Waals surface area (Å²) in [6, 6.07) is 0. The number of rotatable bonds is 59. The average molecular weight is 1070 g/mol. The van der Waals surface area contributed by atoms with Crippen molar-refractivity contribution in [3.05, 3.63) is 97.2 Å². The highest BCUT2D eigenvalue weighted by atomic mass is 16.6. The van der Waals surface area contributed by atoms with Gasteiger partial charge in [0.1, 0.15) is 13.2 Å². The van der Waals surface area contributed by atoms with Gasteiger partial charge in [0.15, 0.2) is 6.10 Å². The van der Waals surface area contributed by atoms with E-state index < -0.39 is 6.10 Å². The Balaban J connectivity index is 4.28. The Morgan fingerprint density at radius 3 is 0.844 bits per heavy atom. The topological polar surface area (TPSA) is 78.9 Å². The highest BCUT2D eigenvalue weighted by Gasteiger charge is 2.19. The third-order valence-corrected chi connectivity index (χ3v) is 14.1. The molecule has 0 rings (SSSR count). The number of carbonyl (C=O) groups excluding carboxylic acids is 3. The lowest BCUT2D eigenvalue weighted by Gasteiger charge is -2.18. The van der Waals surface area contributed by atoms with Crippen LogP contribution in [0.25, 0.3) is 0 Å². The highest BCUT2D eigenvalue weighted by molar-refractivity contribution is 5.71. The number of unbranched alkanes of at least 4 members (excludes halogenated alkanes) is 32. The molecule has 0 aromatic rings. The van der Waals surface area contributed by atoms with Gasteiger partial charge in [0.2, 0.25) is 0 Å². The zero-order chi connectivity index (χ0) is 55.7. The molecule has 0 heterocycles. The summed E-state index contributed by atoms with van der Waals surface area (Å²) >= 11 is 0. The fraction of sp³-hybridized carbons (Fsp3) is 0.732. The van der Waals surface area contributed by atoms with Crippen LogP contribution in [0.1, 0.15) is 316 Å². The number of hydrogen-bond acceptors (Lipinski definition) is 6. The molecule has 1 atom stereocenters. The van der Waals surface area contributed by atoms with Gasteiger partial charge >= 0.3 is 17.9 Å². The standard InChI is InChI=1S/C71H122O6/c1-4-7-10-13-16-19-22-24-26-28-30-31-32-33-34-35-36-37-38-39-41-42-44-46-49-52-55-58-61-64-70(73)76-67-68(66-75-69(72)63-60-57-54-51-48-21-18-15-12-9-6-3)77-71(74)65-62-59-56-53-50-47-45-43-40-29-27-25-23-20-17-14-11-8-5-2/h7,10,15-16,18-19,24,26,30-31,33-34,36-37,39,41,68H,4-6,8-9,11-14,17,20-23,25,27-29,32,35,38,40,42-67H2,1-3H3/b10-7-,18-15-,19-16-,26-24-,31-30-,34-33-,37-36-,41-39-. The van der Waals surface area contributed by atoms with Crippen LogP contribution in [-0.4, -0.2) is 37.2 Å². The molecule has 0 fully saturated rings. The van der Waals surface area contributed by atoms with Crippen molar-refractivity contribution in [2.45, 2.75) is 322 Å². The molecule has 6 nitrogen and oxygen atoms in total. The molecular formula is C71H122O6. The Bertz CT molecular complexity index is 1510. The fourth-order valence-corrected chi connectivity index (χ4v) is 9.17. The van der Waals surface area contributed by atoms with Crippen LogP contribution in [0.3, 0.4) is 0 Å². The Morgan fingerprint density at radius 2 is 0.519 bits per heavy atom. The van der Waals surface area contributed by atoms with E-state index in [2.05, 4.69) is 118 Å². The van der Waals surface area contributed by atoms with E-state index in [4.69, 9.17) is 14.2 Å². The molecule has 1 unspecified atom stereocenters. The summed E-state index contributed by atoms with van der Waals surface area (Å²) in [5.41, 5.74) is 0. The molecule has 0 N–H and O–H groups in total. The third kappa shape index (κ3) is 63.0. The SMILES string of the molecule is CC/C=C\C/C=C\C/C=C\C/C=C\C/C=C\C/C=C\C/C=C\CCCCCCCCCC(=O)OCC(COC(=O)CCCCCCC/C=C\CCCC)OC(=O)CCCCCCCCCCCCCCCCCCCCC. The van der Waals surface area contributed by atoms with Gasteiger partial charge in [-0.05, 0) is 96.3 Å². The monoisotopic (exact) mass is 1070 g/mol. The Labute approximate surface area is 477 Å². The Morgan fingerprint density at radius 1 is 0.273 bits per heavy atom. The van der Waals surface area contributed by atoms with Crippen molar-refractivity contribution in [1.29, 1.82) is 0 Å². The minimum atomic E-state index is -0.785. The molecule has 0 aromatic carbocycles. The molecule has 0 aliphatic heterocycles. The Hall–Kier alpha value is -3.67. The zero-order valence-corrected chi connectivity index (χ0v) is 50.7. The van der Waals surface area contributed by atoms with E-state index in [0.717, 1.165) is 116 Å². The molecule has 442 valence electrons. The van der Waals surface area contributed by atoms with Crippen LogP contribution in [0.2, 0.25) is 0 Å². The molecule has 6 heteroatoms. The Kier molecular flexibility index (Phi) is 61.8. The maximum absolute atomic E-state index is 12.9. The van der Waals surface area contributed by atoms with Gasteiger partial charge in [-0.3, -0.25) is 14.4 Å². The first-order valence-electron chi connectivity index (χ1n) is 32.7. The van der Waals surface area contributed by atoms with Crippen molar-refractivity contribution in [1.82, 2.24) is 0 Å². The zero-order valence-electron chi connectivity index (χ0n) is 50.7. The molecule has 0 aliphatic carbocycles. The highest BCUT2D eigenvalue weighted by Crippen LogP contribution is 2.17. The summed E-state index contributed by atoms with van der Waals surface area (Å²) < 4.78 is 16.9. The third-order valence-electron chi connectivity index (χ3n) is 14.1. The lowest BCUT2D eigenvalue weighted by molar-refractivity contribution is -0.167. The summed E-state index contributed by atoms with van der Waals surface area (Å²) in [5, 5.41) is 0. The molecular weight excluding hydrogens is 949 g/mol. The second-order valence-electron chi connectivity index (χ2n) is 21.6. The normalized spacial score (nSPS) is 12.7. The minimum Gasteiger partial charge on any atom is -0.462 e.